The predicted octanol–water partition coefficient (Wildman–Crippen LogP) is 3.86. The van der Waals surface area contributed by atoms with Crippen LogP contribution in [-0.2, 0) is 6.42 Å². The van der Waals surface area contributed by atoms with E-state index in [1.807, 2.05) is 41.1 Å². The van der Waals surface area contributed by atoms with Crippen molar-refractivity contribution in [2.45, 2.75) is 6.42 Å². The number of fused-ring (bicyclic) bond motifs is 1. The lowest BCUT2D eigenvalue weighted by molar-refractivity contribution is 0.578. The molecule has 0 unspecified atom stereocenters. The number of hydrogen-bond donors (Lipinski definition) is 1. The molecule has 0 aliphatic carbocycles. The molecule has 4 rings (SSSR count). The minimum atomic E-state index is 0.820. The highest BCUT2D eigenvalue weighted by atomic mass is 79.9. The number of benzene rings is 1. The summed E-state index contributed by atoms with van der Waals surface area (Å²) in [5, 5.41) is 8.13. The zero-order valence-corrected chi connectivity index (χ0v) is 12.2. The third-order valence-corrected chi connectivity index (χ3v) is 4.01. The molecule has 100 valence electrons. The van der Waals surface area contributed by atoms with Crippen molar-refractivity contribution < 1.29 is 4.42 Å². The molecule has 0 amide bonds. The van der Waals surface area contributed by atoms with Gasteiger partial charge in [0, 0.05) is 16.6 Å². The van der Waals surface area contributed by atoms with Crippen LogP contribution in [0.25, 0.3) is 17.1 Å². The van der Waals surface area contributed by atoms with Crippen LogP contribution in [-0.4, -0.2) is 16.3 Å². The lowest BCUT2D eigenvalue weighted by atomic mass is 10.2. The first-order valence-electron chi connectivity index (χ1n) is 6.48. The monoisotopic (exact) mass is 329 g/mol. The molecule has 1 N–H and O–H groups in total. The molecular weight excluding hydrogens is 318 g/mol. The predicted molar refractivity (Wildman–Crippen MR) is 81.2 cm³/mol. The van der Waals surface area contributed by atoms with E-state index in [1.165, 1.54) is 5.56 Å². The summed E-state index contributed by atoms with van der Waals surface area (Å²) in [6.45, 7) is 0.942. The van der Waals surface area contributed by atoms with Crippen molar-refractivity contribution in [3.05, 3.63) is 52.7 Å². The van der Waals surface area contributed by atoms with Gasteiger partial charge in [0.25, 0.3) is 0 Å². The molecule has 20 heavy (non-hydrogen) atoms. The van der Waals surface area contributed by atoms with Gasteiger partial charge in [0.1, 0.15) is 11.5 Å². The van der Waals surface area contributed by atoms with Gasteiger partial charge in [0.15, 0.2) is 5.76 Å². The third kappa shape index (κ3) is 1.78. The Kier molecular flexibility index (Phi) is 2.67. The van der Waals surface area contributed by atoms with Gasteiger partial charge >= 0.3 is 0 Å². The molecular formula is C15H12BrN3O. The third-order valence-electron chi connectivity index (χ3n) is 3.48. The Labute approximate surface area is 124 Å². The van der Waals surface area contributed by atoms with Gasteiger partial charge < -0.3 is 9.73 Å². The van der Waals surface area contributed by atoms with E-state index in [-0.39, 0.29) is 0 Å². The highest BCUT2D eigenvalue weighted by Crippen LogP contribution is 2.34. The molecule has 0 bridgehead atoms. The number of anilines is 1. The number of hydrogen-bond acceptors (Lipinski definition) is 3. The first kappa shape index (κ1) is 11.8. The van der Waals surface area contributed by atoms with Crippen molar-refractivity contribution in [1.29, 1.82) is 0 Å². The molecule has 4 nitrogen and oxygen atoms in total. The van der Waals surface area contributed by atoms with Crippen LogP contribution >= 0.6 is 15.9 Å². The summed E-state index contributed by atoms with van der Waals surface area (Å²) in [7, 11) is 0. The molecule has 0 saturated heterocycles. The molecule has 0 spiro atoms. The molecule has 3 heterocycles. The summed E-state index contributed by atoms with van der Waals surface area (Å²) >= 11 is 3.46. The molecule has 5 heteroatoms. The maximum Gasteiger partial charge on any atom is 0.154 e. The fourth-order valence-electron chi connectivity index (χ4n) is 2.56. The topological polar surface area (TPSA) is 43.0 Å². The van der Waals surface area contributed by atoms with Gasteiger partial charge in [-0.05, 0) is 42.8 Å². The van der Waals surface area contributed by atoms with E-state index in [0.717, 1.165) is 40.4 Å². The standard InChI is InChI=1S/C15H12BrN3O/c16-10-3-5-11(6-4-10)19-15-12(7-8-17-15)14(18-19)13-2-1-9-20-13/h1-6,9,17H,7-8H2. The van der Waals surface area contributed by atoms with Crippen LogP contribution in [0.2, 0.25) is 0 Å². The first-order chi connectivity index (χ1) is 9.83. The highest BCUT2D eigenvalue weighted by molar-refractivity contribution is 9.10. The van der Waals surface area contributed by atoms with Crippen LogP contribution in [0.3, 0.4) is 0 Å². The van der Waals surface area contributed by atoms with Crippen LogP contribution in [0, 0.1) is 0 Å². The smallest absolute Gasteiger partial charge is 0.154 e. The van der Waals surface area contributed by atoms with Crippen LogP contribution in [0.15, 0.2) is 51.6 Å². The molecule has 2 aromatic heterocycles. The van der Waals surface area contributed by atoms with E-state index in [4.69, 9.17) is 9.52 Å². The van der Waals surface area contributed by atoms with E-state index in [1.54, 1.807) is 6.26 Å². The van der Waals surface area contributed by atoms with Crippen LogP contribution in [0.5, 0.6) is 0 Å². The average Bonchev–Trinajstić information content (AvgIpc) is 3.16. The molecule has 1 aliphatic heterocycles. The fourth-order valence-corrected chi connectivity index (χ4v) is 2.82. The molecule has 0 saturated carbocycles. The quantitative estimate of drug-likeness (QED) is 0.776. The number of furan rings is 1. The van der Waals surface area contributed by atoms with Crippen LogP contribution in [0.4, 0.5) is 5.82 Å². The van der Waals surface area contributed by atoms with Gasteiger partial charge in [-0.1, -0.05) is 15.9 Å². The number of nitrogens with one attached hydrogen (secondary N) is 1. The van der Waals surface area contributed by atoms with E-state index in [0.29, 0.717) is 0 Å². The second-order valence-corrected chi connectivity index (χ2v) is 5.63. The van der Waals surface area contributed by atoms with Crippen LogP contribution < -0.4 is 5.32 Å². The van der Waals surface area contributed by atoms with Crippen molar-refractivity contribution in [2.24, 2.45) is 0 Å². The van der Waals surface area contributed by atoms with Crippen LogP contribution in [0.1, 0.15) is 5.56 Å². The fraction of sp³-hybridized carbons (Fsp3) is 0.133. The molecule has 3 aromatic rings. The maximum atomic E-state index is 5.50. The summed E-state index contributed by atoms with van der Waals surface area (Å²) in [6, 6.07) is 12.0. The zero-order chi connectivity index (χ0) is 13.5. The Bertz CT molecular complexity index is 744. The lowest BCUT2D eigenvalue weighted by Crippen LogP contribution is -2.04. The van der Waals surface area contributed by atoms with Gasteiger partial charge in [0.05, 0.1) is 12.0 Å². The van der Waals surface area contributed by atoms with Crippen molar-refractivity contribution in [1.82, 2.24) is 9.78 Å². The minimum absolute atomic E-state index is 0.820. The Hall–Kier alpha value is -2.01. The second-order valence-electron chi connectivity index (χ2n) is 4.72. The van der Waals surface area contributed by atoms with E-state index >= 15 is 0 Å². The Morgan fingerprint density at radius 1 is 1.20 bits per heavy atom. The minimum Gasteiger partial charge on any atom is -0.463 e. The second kappa shape index (κ2) is 4.52. The van der Waals surface area contributed by atoms with Crippen molar-refractivity contribution >= 4 is 21.7 Å². The number of rotatable bonds is 2. The number of nitrogens with zero attached hydrogens (tertiary/aromatic N) is 2. The molecule has 1 aliphatic rings. The largest absolute Gasteiger partial charge is 0.463 e. The van der Waals surface area contributed by atoms with E-state index in [9.17, 15) is 0 Å². The lowest BCUT2D eigenvalue weighted by Gasteiger charge is -2.06. The summed E-state index contributed by atoms with van der Waals surface area (Å²) in [4.78, 5) is 0. The number of aromatic nitrogens is 2. The van der Waals surface area contributed by atoms with E-state index < -0.39 is 0 Å². The van der Waals surface area contributed by atoms with Crippen molar-refractivity contribution in [2.75, 3.05) is 11.9 Å². The van der Waals surface area contributed by atoms with Crippen molar-refractivity contribution in [3.8, 4) is 17.1 Å². The summed E-state index contributed by atoms with van der Waals surface area (Å²) < 4.78 is 8.51. The summed E-state index contributed by atoms with van der Waals surface area (Å²) in [5.74, 6) is 1.89. The van der Waals surface area contributed by atoms with Gasteiger partial charge in [-0.25, -0.2) is 4.68 Å². The SMILES string of the molecule is Brc1ccc(-n2nc(-c3ccco3)c3c2NCC3)cc1. The first-order valence-corrected chi connectivity index (χ1v) is 7.28. The Morgan fingerprint density at radius 3 is 2.80 bits per heavy atom. The van der Waals surface area contributed by atoms with Gasteiger partial charge in [0.2, 0.25) is 0 Å². The molecule has 1 aromatic carbocycles. The normalized spacial score (nSPS) is 13.2. The van der Waals surface area contributed by atoms with Gasteiger partial charge in [-0.2, -0.15) is 5.10 Å². The van der Waals surface area contributed by atoms with Crippen molar-refractivity contribution in [3.63, 3.8) is 0 Å². The molecule has 0 atom stereocenters. The maximum absolute atomic E-state index is 5.50. The summed E-state index contributed by atoms with van der Waals surface area (Å²) in [6.07, 6.45) is 2.66. The zero-order valence-electron chi connectivity index (χ0n) is 10.6. The molecule has 0 fully saturated rings. The summed E-state index contributed by atoms with van der Waals surface area (Å²) in [5.41, 5.74) is 3.19. The van der Waals surface area contributed by atoms with E-state index in [2.05, 4.69) is 21.2 Å². The number of halogens is 1. The van der Waals surface area contributed by atoms with Gasteiger partial charge in [-0.15, -0.1) is 0 Å². The Morgan fingerprint density at radius 2 is 2.05 bits per heavy atom. The van der Waals surface area contributed by atoms with Gasteiger partial charge in [-0.3, -0.25) is 0 Å². The highest BCUT2D eigenvalue weighted by Gasteiger charge is 2.24. The average molecular weight is 330 g/mol. The molecule has 0 radical (unpaired) electrons. The Balaban J connectivity index is 1.89.